The van der Waals surface area contributed by atoms with Crippen molar-refractivity contribution in [3.05, 3.63) is 41.7 Å². The number of aromatic nitrogens is 2. The summed E-state index contributed by atoms with van der Waals surface area (Å²) >= 11 is 0. The molecule has 2 aromatic rings. The van der Waals surface area contributed by atoms with Crippen LogP contribution in [-0.4, -0.2) is 44.6 Å². The number of nitrogens with one attached hydrogen (secondary N) is 2. The van der Waals surface area contributed by atoms with Crippen molar-refractivity contribution >= 4 is 23.5 Å². The van der Waals surface area contributed by atoms with Crippen LogP contribution in [-0.2, 0) is 9.59 Å². The smallest absolute Gasteiger partial charge is 0.323 e. The van der Waals surface area contributed by atoms with Crippen LogP contribution in [0.4, 0.5) is 10.5 Å². The summed E-state index contributed by atoms with van der Waals surface area (Å²) in [7, 11) is 0. The van der Waals surface area contributed by atoms with E-state index in [4.69, 9.17) is 0 Å². The van der Waals surface area contributed by atoms with E-state index in [9.17, 15) is 14.4 Å². The van der Waals surface area contributed by atoms with Gasteiger partial charge in [0.25, 0.3) is 5.91 Å². The van der Waals surface area contributed by atoms with Gasteiger partial charge in [0.15, 0.2) is 0 Å². The predicted octanol–water partition coefficient (Wildman–Crippen LogP) is 2.93. The Morgan fingerprint density at radius 3 is 2.67 bits per heavy atom. The van der Waals surface area contributed by atoms with Gasteiger partial charge in [0, 0.05) is 0 Å². The zero-order valence-electron chi connectivity index (χ0n) is 17.6. The SMILES string of the molecule is Cc1nn(-c2ccccc2)c(C)c1NC(=O)CN1C(=O)N[C@]2(CCCC[C@@H]2C)C1=O. The van der Waals surface area contributed by atoms with E-state index < -0.39 is 17.5 Å². The van der Waals surface area contributed by atoms with E-state index in [1.54, 1.807) is 4.68 Å². The summed E-state index contributed by atoms with van der Waals surface area (Å²) in [4.78, 5) is 39.4. The van der Waals surface area contributed by atoms with Crippen LogP contribution in [0, 0.1) is 19.8 Å². The normalized spacial score (nSPS) is 23.7. The molecule has 1 spiro atoms. The van der Waals surface area contributed by atoms with Crippen molar-refractivity contribution in [1.29, 1.82) is 0 Å². The number of aryl methyl sites for hydroxylation is 1. The number of para-hydroxylation sites is 1. The fourth-order valence-corrected chi connectivity index (χ4v) is 4.61. The van der Waals surface area contributed by atoms with Gasteiger partial charge in [0.1, 0.15) is 12.1 Å². The minimum Gasteiger partial charge on any atom is -0.323 e. The van der Waals surface area contributed by atoms with E-state index in [2.05, 4.69) is 15.7 Å². The molecule has 4 amide bonds. The van der Waals surface area contributed by atoms with Crippen molar-refractivity contribution in [3.8, 4) is 5.69 Å². The van der Waals surface area contributed by atoms with Crippen LogP contribution in [0.2, 0.25) is 0 Å². The number of urea groups is 1. The van der Waals surface area contributed by atoms with Crippen molar-refractivity contribution in [2.45, 2.75) is 52.0 Å². The number of imide groups is 1. The first-order valence-corrected chi connectivity index (χ1v) is 10.4. The number of rotatable bonds is 4. The topological polar surface area (TPSA) is 96.3 Å². The Kier molecular flexibility index (Phi) is 5.09. The van der Waals surface area contributed by atoms with E-state index in [0.29, 0.717) is 17.8 Å². The Morgan fingerprint density at radius 2 is 1.97 bits per heavy atom. The summed E-state index contributed by atoms with van der Waals surface area (Å²) in [5.74, 6) is -0.648. The molecule has 1 aromatic carbocycles. The molecule has 2 fully saturated rings. The highest BCUT2D eigenvalue weighted by Crippen LogP contribution is 2.38. The average molecular weight is 409 g/mol. The molecule has 2 aliphatic rings. The van der Waals surface area contributed by atoms with Crippen molar-refractivity contribution in [3.63, 3.8) is 0 Å². The fraction of sp³-hybridized carbons (Fsp3) is 0.455. The predicted molar refractivity (Wildman–Crippen MR) is 112 cm³/mol. The van der Waals surface area contributed by atoms with Gasteiger partial charge >= 0.3 is 6.03 Å². The molecule has 1 aliphatic carbocycles. The molecule has 8 nitrogen and oxygen atoms in total. The number of hydrogen-bond acceptors (Lipinski definition) is 4. The Labute approximate surface area is 175 Å². The van der Waals surface area contributed by atoms with E-state index in [-0.39, 0.29) is 18.4 Å². The molecule has 1 saturated heterocycles. The lowest BCUT2D eigenvalue weighted by atomic mass is 9.73. The highest BCUT2D eigenvalue weighted by atomic mass is 16.2. The number of hydrogen-bond donors (Lipinski definition) is 2. The van der Waals surface area contributed by atoms with Crippen LogP contribution in [0.25, 0.3) is 5.69 Å². The van der Waals surface area contributed by atoms with Gasteiger partial charge in [0.05, 0.1) is 22.8 Å². The maximum absolute atomic E-state index is 13.1. The second-order valence-electron chi connectivity index (χ2n) is 8.28. The lowest BCUT2D eigenvalue weighted by Gasteiger charge is -2.36. The minimum absolute atomic E-state index is 0.0596. The van der Waals surface area contributed by atoms with E-state index >= 15 is 0 Å². The lowest BCUT2D eigenvalue weighted by molar-refractivity contribution is -0.136. The highest BCUT2D eigenvalue weighted by Gasteiger charge is 2.55. The zero-order valence-corrected chi connectivity index (χ0v) is 17.6. The third-order valence-electron chi connectivity index (χ3n) is 6.36. The zero-order chi connectivity index (χ0) is 21.5. The first-order valence-electron chi connectivity index (χ1n) is 10.4. The van der Waals surface area contributed by atoms with E-state index in [1.807, 2.05) is 51.1 Å². The fourth-order valence-electron chi connectivity index (χ4n) is 4.61. The number of carbonyl (C=O) groups excluding carboxylic acids is 3. The largest absolute Gasteiger partial charge is 0.325 e. The lowest BCUT2D eigenvalue weighted by Crippen LogP contribution is -2.54. The summed E-state index contributed by atoms with van der Waals surface area (Å²) in [6.45, 7) is 5.36. The molecule has 2 atom stereocenters. The molecule has 8 heteroatoms. The average Bonchev–Trinajstić information content (AvgIpc) is 3.14. The molecule has 2 heterocycles. The molecule has 30 heavy (non-hydrogen) atoms. The Morgan fingerprint density at radius 1 is 1.23 bits per heavy atom. The van der Waals surface area contributed by atoms with Crippen LogP contribution >= 0.6 is 0 Å². The Bertz CT molecular complexity index is 1000. The first kappa shape index (κ1) is 20.1. The van der Waals surface area contributed by atoms with Crippen LogP contribution in [0.5, 0.6) is 0 Å². The van der Waals surface area contributed by atoms with Gasteiger partial charge in [-0.05, 0) is 44.7 Å². The molecular weight excluding hydrogens is 382 g/mol. The van der Waals surface area contributed by atoms with Crippen LogP contribution < -0.4 is 10.6 Å². The number of carbonyl (C=O) groups is 3. The summed E-state index contributed by atoms with van der Waals surface area (Å²) in [6, 6.07) is 9.15. The van der Waals surface area contributed by atoms with Gasteiger partial charge in [-0.15, -0.1) is 0 Å². The second-order valence-corrected chi connectivity index (χ2v) is 8.28. The standard InChI is InChI=1S/C22H27N5O3/c1-14-9-7-8-12-22(14)20(29)26(21(30)24-22)13-18(28)23-19-15(2)25-27(16(19)3)17-10-5-4-6-11-17/h4-6,10-11,14H,7-9,12-13H2,1-3H3,(H,23,28)(H,24,30)/t14-,22-/m0/s1. The minimum atomic E-state index is -0.861. The third kappa shape index (κ3) is 3.26. The van der Waals surface area contributed by atoms with Gasteiger partial charge < -0.3 is 10.6 Å². The van der Waals surface area contributed by atoms with Crippen LogP contribution in [0.3, 0.4) is 0 Å². The van der Waals surface area contributed by atoms with Gasteiger partial charge in [-0.1, -0.05) is 38.0 Å². The number of anilines is 1. The molecule has 0 unspecified atom stereocenters. The Hall–Kier alpha value is -3.16. The van der Waals surface area contributed by atoms with Crippen molar-refractivity contribution in [2.75, 3.05) is 11.9 Å². The molecular formula is C22H27N5O3. The monoisotopic (exact) mass is 409 g/mol. The van der Waals surface area contributed by atoms with Gasteiger partial charge in [-0.25, -0.2) is 9.48 Å². The summed E-state index contributed by atoms with van der Waals surface area (Å²) in [6.07, 6.45) is 3.46. The van der Waals surface area contributed by atoms with Crippen molar-refractivity contribution in [2.24, 2.45) is 5.92 Å². The summed E-state index contributed by atoms with van der Waals surface area (Å²) in [5, 5.41) is 10.2. The quantitative estimate of drug-likeness (QED) is 0.759. The van der Waals surface area contributed by atoms with Gasteiger partial charge in [0.2, 0.25) is 5.91 Å². The summed E-state index contributed by atoms with van der Waals surface area (Å²) < 4.78 is 1.76. The maximum Gasteiger partial charge on any atom is 0.325 e. The van der Waals surface area contributed by atoms with E-state index in [0.717, 1.165) is 35.5 Å². The van der Waals surface area contributed by atoms with Crippen LogP contribution in [0.15, 0.2) is 30.3 Å². The molecule has 158 valence electrons. The number of nitrogens with zero attached hydrogens (tertiary/aromatic N) is 3. The van der Waals surface area contributed by atoms with Crippen molar-refractivity contribution in [1.82, 2.24) is 20.0 Å². The molecule has 2 N–H and O–H groups in total. The van der Waals surface area contributed by atoms with Crippen LogP contribution in [0.1, 0.15) is 44.0 Å². The number of amides is 4. The molecule has 1 aliphatic heterocycles. The van der Waals surface area contributed by atoms with Crippen molar-refractivity contribution < 1.29 is 14.4 Å². The molecule has 0 radical (unpaired) electrons. The third-order valence-corrected chi connectivity index (χ3v) is 6.36. The second kappa shape index (κ2) is 7.59. The van der Waals surface area contributed by atoms with Gasteiger partial charge in [-0.2, -0.15) is 5.10 Å². The molecule has 1 aromatic heterocycles. The van der Waals surface area contributed by atoms with E-state index in [1.165, 1.54) is 0 Å². The summed E-state index contributed by atoms with van der Waals surface area (Å²) in [5.41, 5.74) is 2.07. The molecule has 0 bridgehead atoms. The van der Waals surface area contributed by atoms with Gasteiger partial charge in [-0.3, -0.25) is 14.5 Å². The first-order chi connectivity index (χ1) is 14.3. The highest BCUT2D eigenvalue weighted by molar-refractivity contribution is 6.10. The Balaban J connectivity index is 1.50. The molecule has 1 saturated carbocycles. The number of benzene rings is 1. The maximum atomic E-state index is 13.1. The molecule has 4 rings (SSSR count).